The fourth-order valence-electron chi connectivity index (χ4n) is 2.33. The number of pyridine rings is 1. The summed E-state index contributed by atoms with van der Waals surface area (Å²) in [6.45, 7) is 3.09. The highest BCUT2D eigenvalue weighted by Crippen LogP contribution is 2.27. The topological polar surface area (TPSA) is 51.4 Å². The SMILES string of the molecule is COCCN1CC(N)C(c2ccncc2F)C1. The Morgan fingerprint density at radius 3 is 3.12 bits per heavy atom. The molecule has 4 nitrogen and oxygen atoms in total. The first kappa shape index (κ1) is 12.4. The molecule has 94 valence electrons. The van der Waals surface area contributed by atoms with Crippen molar-refractivity contribution in [3.05, 3.63) is 29.8 Å². The van der Waals surface area contributed by atoms with E-state index < -0.39 is 0 Å². The molecule has 1 aromatic heterocycles. The summed E-state index contributed by atoms with van der Waals surface area (Å²) in [5, 5.41) is 0. The van der Waals surface area contributed by atoms with E-state index in [4.69, 9.17) is 10.5 Å². The molecule has 1 fully saturated rings. The molecule has 0 spiro atoms. The van der Waals surface area contributed by atoms with Crippen molar-refractivity contribution < 1.29 is 9.13 Å². The van der Waals surface area contributed by atoms with E-state index in [1.165, 1.54) is 6.20 Å². The first-order valence-electron chi connectivity index (χ1n) is 5.78. The molecule has 1 aromatic rings. The van der Waals surface area contributed by atoms with Crippen LogP contribution in [-0.4, -0.2) is 49.3 Å². The molecule has 5 heteroatoms. The zero-order valence-electron chi connectivity index (χ0n) is 9.97. The van der Waals surface area contributed by atoms with Crippen LogP contribution in [0.15, 0.2) is 18.5 Å². The van der Waals surface area contributed by atoms with Gasteiger partial charge >= 0.3 is 0 Å². The maximum absolute atomic E-state index is 13.6. The Labute approximate surface area is 101 Å². The van der Waals surface area contributed by atoms with Gasteiger partial charge in [-0.3, -0.25) is 9.88 Å². The van der Waals surface area contributed by atoms with Crippen molar-refractivity contribution in [2.75, 3.05) is 33.4 Å². The lowest BCUT2D eigenvalue weighted by molar-refractivity contribution is 0.159. The third-order valence-corrected chi connectivity index (χ3v) is 3.26. The van der Waals surface area contributed by atoms with Gasteiger partial charge in [0.2, 0.25) is 0 Å². The Bertz CT molecular complexity index is 375. The van der Waals surface area contributed by atoms with Crippen molar-refractivity contribution in [2.24, 2.45) is 5.73 Å². The molecule has 17 heavy (non-hydrogen) atoms. The van der Waals surface area contributed by atoms with Crippen molar-refractivity contribution in [3.63, 3.8) is 0 Å². The summed E-state index contributed by atoms with van der Waals surface area (Å²) in [5.74, 6) is -0.212. The Kier molecular flexibility index (Phi) is 4.04. The number of nitrogens with zero attached hydrogens (tertiary/aromatic N) is 2. The fraction of sp³-hybridized carbons (Fsp3) is 0.583. The minimum atomic E-state index is -0.262. The molecule has 2 atom stereocenters. The molecular weight excluding hydrogens is 221 g/mol. The predicted molar refractivity (Wildman–Crippen MR) is 63.2 cm³/mol. The van der Waals surface area contributed by atoms with Crippen molar-refractivity contribution in [3.8, 4) is 0 Å². The minimum absolute atomic E-state index is 0.0243. The van der Waals surface area contributed by atoms with Crippen LogP contribution in [0.4, 0.5) is 4.39 Å². The number of hydrogen-bond acceptors (Lipinski definition) is 4. The minimum Gasteiger partial charge on any atom is -0.383 e. The van der Waals surface area contributed by atoms with Crippen LogP contribution in [0.5, 0.6) is 0 Å². The van der Waals surface area contributed by atoms with Crippen molar-refractivity contribution in [1.82, 2.24) is 9.88 Å². The van der Waals surface area contributed by atoms with E-state index >= 15 is 0 Å². The summed E-state index contributed by atoms with van der Waals surface area (Å²) in [7, 11) is 1.68. The molecule has 0 bridgehead atoms. The monoisotopic (exact) mass is 239 g/mol. The number of hydrogen-bond donors (Lipinski definition) is 1. The van der Waals surface area contributed by atoms with E-state index in [9.17, 15) is 4.39 Å². The molecule has 2 N–H and O–H groups in total. The summed E-state index contributed by atoms with van der Waals surface area (Å²) in [6.07, 6.45) is 2.86. The highest BCUT2D eigenvalue weighted by atomic mass is 19.1. The molecule has 0 saturated carbocycles. The molecular formula is C12H18FN3O. The number of nitrogens with two attached hydrogens (primary N) is 1. The van der Waals surface area contributed by atoms with Gasteiger partial charge < -0.3 is 10.5 Å². The molecule has 2 heterocycles. The Morgan fingerprint density at radius 2 is 2.41 bits per heavy atom. The molecule has 0 radical (unpaired) electrons. The van der Waals surface area contributed by atoms with E-state index in [1.807, 2.05) is 0 Å². The van der Waals surface area contributed by atoms with E-state index in [0.717, 1.165) is 19.6 Å². The third-order valence-electron chi connectivity index (χ3n) is 3.26. The van der Waals surface area contributed by atoms with Crippen LogP contribution in [0.3, 0.4) is 0 Å². The fourth-order valence-corrected chi connectivity index (χ4v) is 2.33. The molecule has 1 aliphatic rings. The summed E-state index contributed by atoms with van der Waals surface area (Å²) in [4.78, 5) is 5.97. The maximum atomic E-state index is 13.6. The second-order valence-corrected chi connectivity index (χ2v) is 4.42. The zero-order valence-corrected chi connectivity index (χ0v) is 9.97. The van der Waals surface area contributed by atoms with E-state index in [0.29, 0.717) is 12.2 Å². The van der Waals surface area contributed by atoms with Gasteiger partial charge in [0.1, 0.15) is 5.82 Å². The molecule has 1 aliphatic heterocycles. The second kappa shape index (κ2) is 5.53. The lowest BCUT2D eigenvalue weighted by atomic mass is 9.95. The predicted octanol–water partition coefficient (Wildman–Crippen LogP) is 0.594. The van der Waals surface area contributed by atoms with Crippen LogP contribution in [0.1, 0.15) is 11.5 Å². The van der Waals surface area contributed by atoms with Gasteiger partial charge in [-0.15, -0.1) is 0 Å². The van der Waals surface area contributed by atoms with Gasteiger partial charge in [-0.25, -0.2) is 4.39 Å². The molecule has 0 amide bonds. The quantitative estimate of drug-likeness (QED) is 0.835. The van der Waals surface area contributed by atoms with Crippen molar-refractivity contribution >= 4 is 0 Å². The zero-order chi connectivity index (χ0) is 12.3. The number of likely N-dealkylation sites (tertiary alicyclic amines) is 1. The standard InChI is InChI=1S/C12H18FN3O/c1-17-5-4-16-7-10(12(14)8-16)9-2-3-15-6-11(9)13/h2-3,6,10,12H,4-5,7-8,14H2,1H3. The van der Waals surface area contributed by atoms with Crippen LogP contribution < -0.4 is 5.73 Å². The number of ether oxygens (including phenoxy) is 1. The Hall–Kier alpha value is -1.04. The largest absolute Gasteiger partial charge is 0.383 e. The highest BCUT2D eigenvalue weighted by molar-refractivity contribution is 5.22. The van der Waals surface area contributed by atoms with Gasteiger partial charge in [-0.2, -0.15) is 0 Å². The lowest BCUT2D eigenvalue weighted by Crippen LogP contribution is -2.30. The van der Waals surface area contributed by atoms with Crippen LogP contribution >= 0.6 is 0 Å². The van der Waals surface area contributed by atoms with Gasteiger partial charge in [-0.05, 0) is 11.6 Å². The second-order valence-electron chi connectivity index (χ2n) is 4.42. The van der Waals surface area contributed by atoms with Gasteiger partial charge in [0, 0.05) is 44.9 Å². The average Bonchev–Trinajstić information content (AvgIpc) is 2.68. The first-order valence-corrected chi connectivity index (χ1v) is 5.78. The summed E-state index contributed by atoms with van der Waals surface area (Å²) in [5.41, 5.74) is 6.75. The Balaban J connectivity index is 2.05. The van der Waals surface area contributed by atoms with E-state index in [2.05, 4.69) is 9.88 Å². The van der Waals surface area contributed by atoms with Crippen molar-refractivity contribution in [2.45, 2.75) is 12.0 Å². The van der Waals surface area contributed by atoms with Gasteiger partial charge in [-0.1, -0.05) is 0 Å². The van der Waals surface area contributed by atoms with Crippen LogP contribution in [0.2, 0.25) is 0 Å². The number of halogens is 1. The van der Waals surface area contributed by atoms with Gasteiger partial charge in [0.15, 0.2) is 0 Å². The molecule has 0 aliphatic carbocycles. The van der Waals surface area contributed by atoms with Crippen LogP contribution in [0.25, 0.3) is 0 Å². The molecule has 2 rings (SSSR count). The van der Waals surface area contributed by atoms with Gasteiger partial charge in [0.25, 0.3) is 0 Å². The molecule has 0 aromatic carbocycles. The highest BCUT2D eigenvalue weighted by Gasteiger charge is 2.32. The maximum Gasteiger partial charge on any atom is 0.145 e. The number of rotatable bonds is 4. The average molecular weight is 239 g/mol. The molecule has 2 unspecified atom stereocenters. The molecule has 1 saturated heterocycles. The van der Waals surface area contributed by atoms with Crippen LogP contribution in [-0.2, 0) is 4.74 Å². The van der Waals surface area contributed by atoms with Crippen LogP contribution in [0, 0.1) is 5.82 Å². The summed E-state index contributed by atoms with van der Waals surface area (Å²) < 4.78 is 18.7. The summed E-state index contributed by atoms with van der Waals surface area (Å²) >= 11 is 0. The van der Waals surface area contributed by atoms with E-state index in [-0.39, 0.29) is 17.8 Å². The number of methoxy groups -OCH3 is 1. The first-order chi connectivity index (χ1) is 8.22. The van der Waals surface area contributed by atoms with E-state index in [1.54, 1.807) is 19.4 Å². The lowest BCUT2D eigenvalue weighted by Gasteiger charge is -2.15. The van der Waals surface area contributed by atoms with Crippen molar-refractivity contribution in [1.29, 1.82) is 0 Å². The van der Waals surface area contributed by atoms with Gasteiger partial charge in [0.05, 0.1) is 12.8 Å². The smallest absolute Gasteiger partial charge is 0.145 e. The number of aromatic nitrogens is 1. The third kappa shape index (κ3) is 2.80. The normalized spacial score (nSPS) is 25.4. The Morgan fingerprint density at radius 1 is 1.59 bits per heavy atom. The summed E-state index contributed by atoms with van der Waals surface area (Å²) in [6, 6.07) is 1.70.